The molecular formula is C36H48ClN5Si. The van der Waals surface area contributed by atoms with Crippen LogP contribution in [0.5, 0.6) is 0 Å². The standard InChI is InChI=1S/C36H48ClN5Si/c1-25(2)43(26(3)4,27(5)6)42-20-19-32-34(33(37)22-39-36(32)42)35(40-38)30-17-18-31(21-30)41(23-28-13-9-7-10-14-28)24-29-15-11-8-12-16-29/h7-16,19-20,22,25-27,30-31,35,38H,17-18,21,23-24H2,1-6H3/t30?,31-,35?/m1/s1. The lowest BCUT2D eigenvalue weighted by atomic mass is 9.91. The molecule has 1 N–H and O–H groups in total. The monoisotopic (exact) mass is 613 g/mol. The van der Waals surface area contributed by atoms with E-state index in [1.807, 2.05) is 6.20 Å². The Morgan fingerprint density at radius 1 is 0.884 bits per heavy atom. The van der Waals surface area contributed by atoms with E-state index in [9.17, 15) is 0 Å². The number of rotatable bonds is 12. The zero-order valence-electron chi connectivity index (χ0n) is 26.7. The van der Waals surface area contributed by atoms with Gasteiger partial charge >= 0.3 is 0 Å². The first-order valence-corrected chi connectivity index (χ1v) is 18.6. The number of halogens is 1. The van der Waals surface area contributed by atoms with Crippen LogP contribution < -0.4 is 0 Å². The zero-order valence-corrected chi connectivity index (χ0v) is 28.4. The highest BCUT2D eigenvalue weighted by Gasteiger charge is 2.46. The van der Waals surface area contributed by atoms with Gasteiger partial charge in [0, 0.05) is 36.3 Å². The first-order valence-electron chi connectivity index (χ1n) is 16.0. The molecule has 1 fully saturated rings. The van der Waals surface area contributed by atoms with E-state index in [1.54, 1.807) is 0 Å². The number of hydrogen-bond donors (Lipinski definition) is 1. The molecule has 43 heavy (non-hydrogen) atoms. The molecule has 0 aliphatic heterocycles. The number of hydrogen-bond acceptors (Lipinski definition) is 4. The van der Waals surface area contributed by atoms with E-state index in [4.69, 9.17) is 22.1 Å². The van der Waals surface area contributed by atoms with E-state index >= 15 is 0 Å². The molecule has 1 aliphatic carbocycles. The van der Waals surface area contributed by atoms with E-state index in [0.29, 0.717) is 27.7 Å². The van der Waals surface area contributed by atoms with Crippen LogP contribution in [0.3, 0.4) is 0 Å². The molecule has 0 spiro atoms. The number of nitrogens with one attached hydrogen (secondary N) is 1. The van der Waals surface area contributed by atoms with Crippen molar-refractivity contribution >= 4 is 30.9 Å². The molecular weight excluding hydrogens is 566 g/mol. The predicted molar refractivity (Wildman–Crippen MR) is 182 cm³/mol. The molecule has 2 aromatic heterocycles. The van der Waals surface area contributed by atoms with Crippen molar-refractivity contribution in [3.8, 4) is 0 Å². The van der Waals surface area contributed by atoms with Gasteiger partial charge in [-0.15, -0.1) is 0 Å². The molecule has 5 rings (SSSR count). The second kappa shape index (κ2) is 13.5. The quantitative estimate of drug-likeness (QED) is 0.128. The average molecular weight is 614 g/mol. The third-order valence-electron chi connectivity index (χ3n) is 10.2. The average Bonchev–Trinajstić information content (AvgIpc) is 3.64. The summed E-state index contributed by atoms with van der Waals surface area (Å²) in [6.45, 7) is 16.1. The summed E-state index contributed by atoms with van der Waals surface area (Å²) in [6, 6.07) is 23.9. The maximum absolute atomic E-state index is 8.43. The molecule has 1 saturated carbocycles. The fourth-order valence-electron chi connectivity index (χ4n) is 8.50. The second-order valence-corrected chi connectivity index (χ2v) is 19.6. The lowest BCUT2D eigenvalue weighted by Gasteiger charge is -2.44. The van der Waals surface area contributed by atoms with Crippen LogP contribution in [-0.4, -0.2) is 28.4 Å². The van der Waals surface area contributed by atoms with Gasteiger partial charge in [0.2, 0.25) is 0 Å². The molecule has 7 heteroatoms. The van der Waals surface area contributed by atoms with Gasteiger partial charge in [-0.25, -0.2) is 10.5 Å². The van der Waals surface area contributed by atoms with Gasteiger partial charge in [0.05, 0.1) is 5.02 Å². The van der Waals surface area contributed by atoms with Gasteiger partial charge in [-0.2, -0.15) is 5.11 Å². The second-order valence-electron chi connectivity index (χ2n) is 13.5. The van der Waals surface area contributed by atoms with Gasteiger partial charge in [0.25, 0.3) is 0 Å². The lowest BCUT2D eigenvalue weighted by molar-refractivity contribution is 0.174. The fourth-order valence-corrected chi connectivity index (χ4v) is 15.3. The summed E-state index contributed by atoms with van der Waals surface area (Å²) in [7, 11) is -2.01. The molecule has 228 valence electrons. The van der Waals surface area contributed by atoms with E-state index in [2.05, 4.69) is 129 Å². The highest BCUT2D eigenvalue weighted by Crippen LogP contribution is 2.47. The van der Waals surface area contributed by atoms with Crippen molar-refractivity contribution in [2.24, 2.45) is 11.0 Å². The summed E-state index contributed by atoms with van der Waals surface area (Å²) in [4.78, 5) is 7.57. The molecule has 0 amide bonds. The van der Waals surface area contributed by atoms with Gasteiger partial charge < -0.3 is 4.23 Å². The summed E-state index contributed by atoms with van der Waals surface area (Å²) >= 11 is 6.97. The first-order chi connectivity index (χ1) is 20.7. The van der Waals surface area contributed by atoms with Crippen molar-refractivity contribution in [2.45, 2.75) is 103 Å². The Morgan fingerprint density at radius 3 is 1.95 bits per heavy atom. The molecule has 3 atom stereocenters. The predicted octanol–water partition coefficient (Wildman–Crippen LogP) is 10.7. The Kier molecular flexibility index (Phi) is 9.89. The summed E-state index contributed by atoms with van der Waals surface area (Å²) < 4.78 is 2.54. The highest BCUT2D eigenvalue weighted by atomic mass is 35.5. The number of fused-ring (bicyclic) bond motifs is 1. The van der Waals surface area contributed by atoms with Gasteiger partial charge in [0.15, 0.2) is 8.24 Å². The molecule has 1 aliphatic rings. The zero-order chi connectivity index (χ0) is 30.7. The molecule has 0 saturated heterocycles. The molecule has 2 unspecified atom stereocenters. The van der Waals surface area contributed by atoms with Gasteiger partial charge in [0.1, 0.15) is 11.7 Å². The summed E-state index contributed by atoms with van der Waals surface area (Å²) in [6.07, 6.45) is 7.20. The summed E-state index contributed by atoms with van der Waals surface area (Å²) in [5.74, 6) is 0.255. The van der Waals surface area contributed by atoms with Crippen LogP contribution in [0.15, 0.2) is 84.2 Å². The van der Waals surface area contributed by atoms with Crippen LogP contribution in [-0.2, 0) is 13.1 Å². The third-order valence-corrected chi connectivity index (χ3v) is 17.2. The first kappa shape index (κ1) is 31.6. The molecule has 4 aromatic rings. The fraction of sp³-hybridized carbons (Fsp3) is 0.472. The number of nitrogens with zero attached hydrogens (tertiary/aromatic N) is 4. The summed E-state index contributed by atoms with van der Waals surface area (Å²) in [5.41, 5.74) is 14.8. The van der Waals surface area contributed by atoms with Crippen LogP contribution >= 0.6 is 11.6 Å². The maximum Gasteiger partial charge on any atom is 0.171 e. The van der Waals surface area contributed by atoms with E-state index in [-0.39, 0.29) is 12.0 Å². The van der Waals surface area contributed by atoms with Crippen LogP contribution in [0.2, 0.25) is 21.6 Å². The van der Waals surface area contributed by atoms with Crippen molar-refractivity contribution in [2.75, 3.05) is 0 Å². The van der Waals surface area contributed by atoms with Crippen molar-refractivity contribution in [3.63, 3.8) is 0 Å². The third kappa shape index (κ3) is 6.11. The van der Waals surface area contributed by atoms with Crippen molar-refractivity contribution in [3.05, 3.63) is 101 Å². The maximum atomic E-state index is 8.43. The van der Waals surface area contributed by atoms with E-state index in [0.717, 1.165) is 48.9 Å². The highest BCUT2D eigenvalue weighted by molar-refractivity contribution is 6.82. The Hall–Kier alpha value is -2.80. The normalized spacial score (nSPS) is 18.4. The van der Waals surface area contributed by atoms with Crippen LogP contribution in [0.1, 0.15) is 83.5 Å². The van der Waals surface area contributed by atoms with Gasteiger partial charge in [-0.3, -0.25) is 4.90 Å². The van der Waals surface area contributed by atoms with Crippen molar-refractivity contribution < 1.29 is 0 Å². The van der Waals surface area contributed by atoms with Gasteiger partial charge in [-0.05, 0) is 65.2 Å². The van der Waals surface area contributed by atoms with Gasteiger partial charge in [-0.1, -0.05) is 114 Å². The minimum atomic E-state index is -2.01. The van der Waals surface area contributed by atoms with Crippen LogP contribution in [0.25, 0.3) is 11.0 Å². The SMILES string of the molecule is CC(C)[Si](C(C)C)(C(C)C)n1ccc2c(C(N=N)C3CC[C@@H](N(Cc4ccccc4)Cc4ccccc4)C3)c(Cl)cnc21. The van der Waals surface area contributed by atoms with Crippen LogP contribution in [0, 0.1) is 11.4 Å². The van der Waals surface area contributed by atoms with Crippen molar-refractivity contribution in [1.29, 1.82) is 5.53 Å². The molecule has 0 radical (unpaired) electrons. The summed E-state index contributed by atoms with van der Waals surface area (Å²) in [5, 5.41) is 6.01. The van der Waals surface area contributed by atoms with Crippen LogP contribution in [0.4, 0.5) is 0 Å². The van der Waals surface area contributed by atoms with E-state index < -0.39 is 8.24 Å². The molecule has 2 heterocycles. The van der Waals surface area contributed by atoms with Crippen molar-refractivity contribution in [1.82, 2.24) is 14.1 Å². The largest absolute Gasteiger partial charge is 0.359 e. The lowest BCUT2D eigenvalue weighted by Crippen LogP contribution is -2.51. The number of aromatic nitrogens is 2. The molecule has 0 bridgehead atoms. The number of benzene rings is 2. The van der Waals surface area contributed by atoms with E-state index in [1.165, 1.54) is 11.1 Å². The number of pyridine rings is 1. The Labute approximate surface area is 264 Å². The minimum absolute atomic E-state index is 0.255. The minimum Gasteiger partial charge on any atom is -0.359 e. The Morgan fingerprint density at radius 2 is 1.44 bits per heavy atom. The smallest absolute Gasteiger partial charge is 0.171 e. The Balaban J connectivity index is 1.48. The molecule has 5 nitrogen and oxygen atoms in total. The molecule has 2 aromatic carbocycles. The Bertz CT molecular complexity index is 1440. The topological polar surface area (TPSA) is 57.3 Å².